The third-order valence-corrected chi connectivity index (χ3v) is 3.82. The van der Waals surface area contributed by atoms with Gasteiger partial charge in [-0.25, -0.2) is 0 Å². The van der Waals surface area contributed by atoms with Crippen molar-refractivity contribution in [1.82, 2.24) is 9.88 Å². The average molecular weight is 332 g/mol. The van der Waals surface area contributed by atoms with Crippen molar-refractivity contribution in [2.75, 3.05) is 20.6 Å². The first-order valence-electron chi connectivity index (χ1n) is 8.13. The van der Waals surface area contributed by atoms with Gasteiger partial charge in [-0.3, -0.25) is 9.59 Å². The van der Waals surface area contributed by atoms with Crippen molar-refractivity contribution >= 4 is 22.8 Å². The van der Waals surface area contributed by atoms with Crippen molar-refractivity contribution < 1.29 is 19.4 Å². The van der Waals surface area contributed by atoms with Crippen molar-refractivity contribution in [2.45, 2.75) is 32.1 Å². The minimum atomic E-state index is -0.842. The molecule has 1 aromatic heterocycles. The Labute approximate surface area is 141 Å². The number of H-pyrrole nitrogens is 1. The molecule has 0 aliphatic carbocycles. The van der Waals surface area contributed by atoms with E-state index in [1.54, 1.807) is 6.07 Å². The number of nitrogens with zero attached hydrogens (tertiary/aromatic N) is 1. The molecule has 6 nitrogen and oxygen atoms in total. The average Bonchev–Trinajstić information content (AvgIpc) is 2.91. The van der Waals surface area contributed by atoms with Gasteiger partial charge in [-0.15, -0.1) is 0 Å². The Morgan fingerprint density at radius 1 is 1.21 bits per heavy atom. The molecular weight excluding hydrogens is 308 g/mol. The lowest BCUT2D eigenvalue weighted by atomic mass is 10.1. The van der Waals surface area contributed by atoms with Crippen molar-refractivity contribution in [2.24, 2.45) is 0 Å². The van der Waals surface area contributed by atoms with Crippen LogP contribution in [0.3, 0.4) is 0 Å². The third kappa shape index (κ3) is 5.38. The first kappa shape index (κ1) is 18.0. The molecule has 0 radical (unpaired) electrons. The SMILES string of the molecule is CN(C)CCc1c[nH]c2cc(OC(=O)CCCCC(=O)O)ccc12. The molecule has 0 aliphatic rings. The fourth-order valence-corrected chi connectivity index (χ4v) is 2.51. The third-order valence-electron chi connectivity index (χ3n) is 3.82. The van der Waals surface area contributed by atoms with Gasteiger partial charge < -0.3 is 19.7 Å². The number of carbonyl (C=O) groups excluding carboxylic acids is 1. The number of aromatic nitrogens is 1. The number of likely N-dealkylation sites (N-methyl/N-ethyl adjacent to an activating group) is 1. The van der Waals surface area contributed by atoms with E-state index in [0.717, 1.165) is 23.9 Å². The molecule has 6 heteroatoms. The highest BCUT2D eigenvalue weighted by atomic mass is 16.5. The first-order valence-corrected chi connectivity index (χ1v) is 8.13. The summed E-state index contributed by atoms with van der Waals surface area (Å²) in [5, 5.41) is 9.70. The van der Waals surface area contributed by atoms with Crippen LogP contribution in [-0.4, -0.2) is 47.6 Å². The number of carboxylic acids is 1. The zero-order chi connectivity index (χ0) is 17.5. The van der Waals surface area contributed by atoms with Gasteiger partial charge in [0.1, 0.15) is 5.75 Å². The number of carbonyl (C=O) groups is 2. The fraction of sp³-hybridized carbons (Fsp3) is 0.444. The van der Waals surface area contributed by atoms with Crippen LogP contribution >= 0.6 is 0 Å². The second-order valence-corrected chi connectivity index (χ2v) is 6.15. The van der Waals surface area contributed by atoms with Gasteiger partial charge in [-0.05, 0) is 51.1 Å². The number of unbranched alkanes of at least 4 members (excludes halogenated alkanes) is 1. The number of carboxylic acid groups (broad SMARTS) is 1. The predicted molar refractivity (Wildman–Crippen MR) is 92.3 cm³/mol. The number of ether oxygens (including phenoxy) is 1. The van der Waals surface area contributed by atoms with Crippen molar-refractivity contribution in [3.05, 3.63) is 30.0 Å². The number of aliphatic carboxylic acids is 1. The van der Waals surface area contributed by atoms with E-state index in [9.17, 15) is 9.59 Å². The van der Waals surface area contributed by atoms with Crippen LogP contribution in [0, 0.1) is 0 Å². The van der Waals surface area contributed by atoms with Crippen LogP contribution in [0.2, 0.25) is 0 Å². The standard InChI is InChI=1S/C18H24N2O4/c1-20(2)10-9-13-12-19-16-11-14(7-8-15(13)16)24-18(23)6-4-3-5-17(21)22/h7-8,11-12,19H,3-6,9-10H2,1-2H3,(H,21,22). The van der Waals surface area contributed by atoms with Gasteiger partial charge in [0, 0.05) is 42.6 Å². The molecule has 2 aromatic rings. The number of hydrogen-bond donors (Lipinski definition) is 2. The number of rotatable bonds is 9. The topological polar surface area (TPSA) is 82.6 Å². The maximum atomic E-state index is 11.8. The highest BCUT2D eigenvalue weighted by molar-refractivity contribution is 5.85. The highest BCUT2D eigenvalue weighted by Crippen LogP contribution is 2.24. The molecule has 0 amide bonds. The molecule has 24 heavy (non-hydrogen) atoms. The van der Waals surface area contributed by atoms with E-state index in [1.807, 2.05) is 32.4 Å². The summed E-state index contributed by atoms with van der Waals surface area (Å²) >= 11 is 0. The van der Waals surface area contributed by atoms with Gasteiger partial charge in [0.2, 0.25) is 0 Å². The number of fused-ring (bicyclic) bond motifs is 1. The molecular formula is C18H24N2O4. The molecule has 1 heterocycles. The van der Waals surface area contributed by atoms with E-state index < -0.39 is 5.97 Å². The molecule has 0 atom stereocenters. The van der Waals surface area contributed by atoms with Crippen LogP contribution in [0.1, 0.15) is 31.2 Å². The molecule has 0 spiro atoms. The monoisotopic (exact) mass is 332 g/mol. The van der Waals surface area contributed by atoms with Crippen LogP contribution in [-0.2, 0) is 16.0 Å². The van der Waals surface area contributed by atoms with Crippen LogP contribution in [0.5, 0.6) is 5.75 Å². The molecule has 0 aliphatic heterocycles. The molecule has 0 bridgehead atoms. The number of benzene rings is 1. The van der Waals surface area contributed by atoms with Crippen LogP contribution in [0.15, 0.2) is 24.4 Å². The Hall–Kier alpha value is -2.34. The molecule has 0 fully saturated rings. The fourth-order valence-electron chi connectivity index (χ4n) is 2.51. The quantitative estimate of drug-likeness (QED) is 0.419. The molecule has 130 valence electrons. The van der Waals surface area contributed by atoms with E-state index in [2.05, 4.69) is 9.88 Å². The van der Waals surface area contributed by atoms with Crippen molar-refractivity contribution in [3.63, 3.8) is 0 Å². The highest BCUT2D eigenvalue weighted by Gasteiger charge is 2.09. The summed E-state index contributed by atoms with van der Waals surface area (Å²) in [6, 6.07) is 5.58. The van der Waals surface area contributed by atoms with Gasteiger partial charge >= 0.3 is 11.9 Å². The smallest absolute Gasteiger partial charge is 0.311 e. The van der Waals surface area contributed by atoms with Gasteiger partial charge in [0.05, 0.1) is 0 Å². The zero-order valence-corrected chi connectivity index (χ0v) is 14.2. The molecule has 0 unspecified atom stereocenters. The van der Waals surface area contributed by atoms with Crippen LogP contribution in [0.25, 0.3) is 10.9 Å². The van der Waals surface area contributed by atoms with E-state index >= 15 is 0 Å². The second-order valence-electron chi connectivity index (χ2n) is 6.15. The minimum absolute atomic E-state index is 0.0808. The Bertz CT molecular complexity index is 706. The van der Waals surface area contributed by atoms with Gasteiger partial charge in [0.25, 0.3) is 0 Å². The van der Waals surface area contributed by atoms with Crippen molar-refractivity contribution in [1.29, 1.82) is 0 Å². The summed E-state index contributed by atoms with van der Waals surface area (Å²) in [7, 11) is 4.09. The molecule has 1 aromatic carbocycles. The largest absolute Gasteiger partial charge is 0.481 e. The first-order chi connectivity index (χ1) is 11.5. The maximum absolute atomic E-state index is 11.8. The summed E-state index contributed by atoms with van der Waals surface area (Å²) < 4.78 is 5.32. The predicted octanol–water partition coefficient (Wildman–Crippen LogP) is 2.82. The Balaban J connectivity index is 1.91. The van der Waals surface area contributed by atoms with Crippen LogP contribution in [0.4, 0.5) is 0 Å². The Kier molecular flexibility index (Phi) is 6.37. The van der Waals surface area contributed by atoms with Gasteiger partial charge in [-0.2, -0.15) is 0 Å². The van der Waals surface area contributed by atoms with Crippen LogP contribution < -0.4 is 4.74 Å². The van der Waals surface area contributed by atoms with Gasteiger partial charge in [0.15, 0.2) is 0 Å². The molecule has 2 rings (SSSR count). The summed E-state index contributed by atoms with van der Waals surface area (Å²) in [6.07, 6.45) is 4.25. The number of nitrogens with one attached hydrogen (secondary N) is 1. The molecule has 0 saturated heterocycles. The maximum Gasteiger partial charge on any atom is 0.311 e. The number of hydrogen-bond acceptors (Lipinski definition) is 4. The number of esters is 1. The summed E-state index contributed by atoms with van der Waals surface area (Å²) in [6.45, 7) is 0.972. The summed E-state index contributed by atoms with van der Waals surface area (Å²) in [4.78, 5) is 27.6. The van der Waals surface area contributed by atoms with Gasteiger partial charge in [-0.1, -0.05) is 0 Å². The number of aromatic amines is 1. The normalized spacial score (nSPS) is 11.1. The Morgan fingerprint density at radius 3 is 2.67 bits per heavy atom. The van der Waals surface area contributed by atoms with E-state index in [1.165, 1.54) is 5.56 Å². The Morgan fingerprint density at radius 2 is 1.96 bits per heavy atom. The minimum Gasteiger partial charge on any atom is -0.481 e. The zero-order valence-electron chi connectivity index (χ0n) is 14.2. The van der Waals surface area contributed by atoms with Crippen molar-refractivity contribution in [3.8, 4) is 5.75 Å². The second kappa shape index (κ2) is 8.49. The van der Waals surface area contributed by atoms with E-state index in [0.29, 0.717) is 18.6 Å². The molecule has 0 saturated carbocycles. The van der Waals surface area contributed by atoms with E-state index in [4.69, 9.17) is 9.84 Å². The summed E-state index contributed by atoms with van der Waals surface area (Å²) in [5.74, 6) is -0.670. The lowest BCUT2D eigenvalue weighted by Crippen LogP contribution is -2.14. The lowest BCUT2D eigenvalue weighted by molar-refractivity contribution is -0.138. The summed E-state index contributed by atoms with van der Waals surface area (Å²) in [5.41, 5.74) is 2.19. The lowest BCUT2D eigenvalue weighted by Gasteiger charge is -2.08. The van der Waals surface area contributed by atoms with E-state index in [-0.39, 0.29) is 18.8 Å². The molecule has 2 N–H and O–H groups in total.